The molecule has 1 saturated heterocycles. The topological polar surface area (TPSA) is 70.6 Å². The van der Waals surface area contributed by atoms with Crippen LogP contribution in [0, 0.1) is 5.92 Å². The zero-order chi connectivity index (χ0) is 26.6. The Morgan fingerprint density at radius 2 is 1.68 bits per heavy atom. The number of benzene rings is 2. The fourth-order valence-corrected chi connectivity index (χ4v) is 4.49. The number of nitrogens with one attached hydrogen (secondary N) is 1. The van der Waals surface area contributed by atoms with Crippen LogP contribution in [0.1, 0.15) is 30.8 Å². The molecule has 2 aromatic carbocycles. The molecule has 0 unspecified atom stereocenters. The lowest BCUT2D eigenvalue weighted by molar-refractivity contribution is -0.142. The van der Waals surface area contributed by atoms with Gasteiger partial charge in [0.2, 0.25) is 0 Å². The highest BCUT2D eigenvalue weighted by Crippen LogP contribution is 2.30. The summed E-state index contributed by atoms with van der Waals surface area (Å²) in [6, 6.07) is 12.6. The van der Waals surface area contributed by atoms with Gasteiger partial charge in [-0.25, -0.2) is 14.8 Å². The van der Waals surface area contributed by atoms with Gasteiger partial charge in [0, 0.05) is 38.1 Å². The number of para-hydroxylation sites is 1. The molecule has 37 heavy (non-hydrogen) atoms. The van der Waals surface area contributed by atoms with Gasteiger partial charge in [0.05, 0.1) is 24.7 Å². The van der Waals surface area contributed by atoms with Gasteiger partial charge in [-0.15, -0.1) is 0 Å². The molecule has 0 aliphatic carbocycles. The average Bonchev–Trinajstić information content (AvgIpc) is 2.87. The van der Waals surface area contributed by atoms with Crippen molar-refractivity contribution in [2.75, 3.05) is 38.6 Å². The van der Waals surface area contributed by atoms with E-state index < -0.39 is 17.8 Å². The molecular weight excluding hydrogens is 483 g/mol. The Labute approximate surface area is 214 Å². The molecule has 4 rings (SSSR count). The van der Waals surface area contributed by atoms with Crippen LogP contribution in [0.25, 0.3) is 10.9 Å². The van der Waals surface area contributed by atoms with Gasteiger partial charge in [0.1, 0.15) is 17.7 Å². The minimum atomic E-state index is -4.34. The summed E-state index contributed by atoms with van der Waals surface area (Å²) in [7, 11) is 1.37. The van der Waals surface area contributed by atoms with E-state index in [1.807, 2.05) is 38.1 Å². The summed E-state index contributed by atoms with van der Waals surface area (Å²) < 4.78 is 44.1. The first-order valence-electron chi connectivity index (χ1n) is 12.3. The summed E-state index contributed by atoms with van der Waals surface area (Å²) in [5, 5.41) is 4.09. The molecule has 3 aromatic rings. The molecule has 0 spiro atoms. The third kappa shape index (κ3) is 6.75. The van der Waals surface area contributed by atoms with Crippen molar-refractivity contribution in [1.29, 1.82) is 0 Å². The van der Waals surface area contributed by atoms with Gasteiger partial charge < -0.3 is 10.1 Å². The first-order valence-corrected chi connectivity index (χ1v) is 12.3. The van der Waals surface area contributed by atoms with Crippen molar-refractivity contribution < 1.29 is 22.7 Å². The van der Waals surface area contributed by atoms with E-state index in [2.05, 4.69) is 15.1 Å². The minimum absolute atomic E-state index is 0.00506. The molecule has 1 N–H and O–H groups in total. The second-order valence-electron chi connectivity index (χ2n) is 9.65. The van der Waals surface area contributed by atoms with E-state index in [0.29, 0.717) is 30.3 Å². The number of carbonyl (C=O) groups excluding carboxylic acids is 1. The number of piperazine rings is 1. The van der Waals surface area contributed by atoms with Crippen LogP contribution in [-0.2, 0) is 28.8 Å². The maximum absolute atomic E-state index is 13.0. The Morgan fingerprint density at radius 3 is 2.32 bits per heavy atom. The molecule has 198 valence electrons. The molecule has 0 bridgehead atoms. The van der Waals surface area contributed by atoms with Crippen LogP contribution >= 0.6 is 0 Å². The minimum Gasteiger partial charge on any atom is -0.467 e. The van der Waals surface area contributed by atoms with Crippen molar-refractivity contribution in [2.24, 2.45) is 5.92 Å². The van der Waals surface area contributed by atoms with Gasteiger partial charge in [-0.05, 0) is 29.7 Å². The molecular formula is C27H32F3N5O2. The number of hydrogen-bond donors (Lipinski definition) is 1. The van der Waals surface area contributed by atoms with E-state index in [0.717, 1.165) is 43.1 Å². The normalized spacial score (nSPS) is 16.2. The highest BCUT2D eigenvalue weighted by Gasteiger charge is 2.30. The van der Waals surface area contributed by atoms with E-state index in [1.54, 1.807) is 6.07 Å². The van der Waals surface area contributed by atoms with Crippen molar-refractivity contribution >= 4 is 22.7 Å². The van der Waals surface area contributed by atoms with Crippen LogP contribution in [0.5, 0.6) is 0 Å². The van der Waals surface area contributed by atoms with Crippen LogP contribution < -0.4 is 5.32 Å². The first kappa shape index (κ1) is 26.8. The molecule has 1 aliphatic heterocycles. The number of aromatic nitrogens is 2. The monoisotopic (exact) mass is 515 g/mol. The van der Waals surface area contributed by atoms with Crippen LogP contribution in [-0.4, -0.2) is 65.1 Å². The van der Waals surface area contributed by atoms with Gasteiger partial charge in [0.25, 0.3) is 0 Å². The highest BCUT2D eigenvalue weighted by molar-refractivity contribution is 5.91. The van der Waals surface area contributed by atoms with E-state index in [-0.39, 0.29) is 11.9 Å². The molecule has 1 aliphatic rings. The Hall–Kier alpha value is -3.24. The Bertz CT molecular complexity index is 1230. The van der Waals surface area contributed by atoms with E-state index in [4.69, 9.17) is 14.7 Å². The lowest BCUT2D eigenvalue weighted by Crippen LogP contribution is -2.45. The maximum atomic E-state index is 13.0. The predicted octanol–water partition coefficient (Wildman–Crippen LogP) is 4.58. The molecule has 0 radical (unpaired) electrons. The second kappa shape index (κ2) is 11.4. The second-order valence-corrected chi connectivity index (χ2v) is 9.65. The largest absolute Gasteiger partial charge is 0.467 e. The summed E-state index contributed by atoms with van der Waals surface area (Å²) in [6.45, 7) is 7.84. The van der Waals surface area contributed by atoms with E-state index in [9.17, 15) is 18.0 Å². The summed E-state index contributed by atoms with van der Waals surface area (Å²) >= 11 is 0. The Kier molecular flexibility index (Phi) is 8.29. The van der Waals surface area contributed by atoms with Gasteiger partial charge in [-0.1, -0.05) is 44.2 Å². The molecule has 2 heterocycles. The SMILES string of the molecule is COC(=O)[C@@H](Nc1nc(CN2CCN(Cc3cccc(C(F)(F)F)c3)CC2)nc2ccccc12)C(C)C. The highest BCUT2D eigenvalue weighted by atomic mass is 19.4. The first-order chi connectivity index (χ1) is 17.6. The number of alkyl halides is 3. The van der Waals surface area contributed by atoms with Crippen molar-refractivity contribution in [3.05, 3.63) is 65.5 Å². The fraction of sp³-hybridized carbons (Fsp3) is 0.444. The van der Waals surface area contributed by atoms with Gasteiger partial charge >= 0.3 is 12.1 Å². The number of methoxy groups -OCH3 is 1. The quantitative estimate of drug-likeness (QED) is 0.441. The number of halogens is 3. The Balaban J connectivity index is 1.43. The maximum Gasteiger partial charge on any atom is 0.416 e. The molecule has 1 fully saturated rings. The molecule has 1 aromatic heterocycles. The zero-order valence-electron chi connectivity index (χ0n) is 21.3. The number of rotatable bonds is 8. The zero-order valence-corrected chi connectivity index (χ0v) is 21.3. The lowest BCUT2D eigenvalue weighted by atomic mass is 10.0. The summed E-state index contributed by atoms with van der Waals surface area (Å²) in [5.74, 6) is 0.874. The van der Waals surface area contributed by atoms with Gasteiger partial charge in [-0.3, -0.25) is 9.80 Å². The summed E-state index contributed by atoms with van der Waals surface area (Å²) in [4.78, 5) is 26.2. The molecule has 0 amide bonds. The van der Waals surface area contributed by atoms with Crippen LogP contribution in [0.2, 0.25) is 0 Å². The van der Waals surface area contributed by atoms with Crippen molar-refractivity contribution in [3.63, 3.8) is 0 Å². The number of anilines is 1. The van der Waals surface area contributed by atoms with Crippen LogP contribution in [0.15, 0.2) is 48.5 Å². The third-order valence-corrected chi connectivity index (χ3v) is 6.55. The van der Waals surface area contributed by atoms with Gasteiger partial charge in [0.15, 0.2) is 0 Å². The molecule has 0 saturated carbocycles. The predicted molar refractivity (Wildman–Crippen MR) is 136 cm³/mol. The number of fused-ring (bicyclic) bond motifs is 1. The number of carbonyl (C=O) groups is 1. The van der Waals surface area contributed by atoms with Gasteiger partial charge in [-0.2, -0.15) is 13.2 Å². The number of hydrogen-bond acceptors (Lipinski definition) is 7. The van der Waals surface area contributed by atoms with E-state index >= 15 is 0 Å². The van der Waals surface area contributed by atoms with Crippen molar-refractivity contribution in [2.45, 2.75) is 39.2 Å². The Morgan fingerprint density at radius 1 is 1.00 bits per heavy atom. The van der Waals surface area contributed by atoms with Crippen molar-refractivity contribution in [3.8, 4) is 0 Å². The van der Waals surface area contributed by atoms with E-state index in [1.165, 1.54) is 19.2 Å². The number of esters is 1. The van der Waals surface area contributed by atoms with Crippen LogP contribution in [0.3, 0.4) is 0 Å². The van der Waals surface area contributed by atoms with Crippen molar-refractivity contribution in [1.82, 2.24) is 19.8 Å². The summed E-state index contributed by atoms with van der Waals surface area (Å²) in [6.07, 6.45) is -4.34. The number of ether oxygens (including phenoxy) is 1. The average molecular weight is 516 g/mol. The molecule has 7 nitrogen and oxygen atoms in total. The van der Waals surface area contributed by atoms with Crippen LogP contribution in [0.4, 0.5) is 19.0 Å². The summed E-state index contributed by atoms with van der Waals surface area (Å²) in [5.41, 5.74) is 0.820. The smallest absolute Gasteiger partial charge is 0.416 e. The standard InChI is InChI=1S/C27H32F3N5O2/c1-18(2)24(26(36)37-3)33-25-21-9-4-5-10-22(21)31-23(32-25)17-35-13-11-34(12-14-35)16-19-7-6-8-20(15-19)27(28,29)30/h4-10,15,18,24H,11-14,16-17H2,1-3H3,(H,31,32,33)/t24-/m0/s1. The number of nitrogens with zero attached hydrogens (tertiary/aromatic N) is 4. The molecule has 1 atom stereocenters. The third-order valence-electron chi connectivity index (χ3n) is 6.55. The molecule has 10 heteroatoms. The lowest BCUT2D eigenvalue weighted by Gasteiger charge is -2.34. The fourth-order valence-electron chi connectivity index (χ4n) is 4.49.